The van der Waals surface area contributed by atoms with E-state index in [0.29, 0.717) is 45.2 Å². The number of fused-ring (bicyclic) bond motifs is 2. The summed E-state index contributed by atoms with van der Waals surface area (Å²) >= 11 is 1.22. The van der Waals surface area contributed by atoms with E-state index in [-0.39, 0.29) is 5.56 Å². The van der Waals surface area contributed by atoms with Gasteiger partial charge in [-0.05, 0) is 25.3 Å². The highest BCUT2D eigenvalue weighted by atomic mass is 32.1. The molecule has 0 amide bonds. The number of H-pyrrole nitrogens is 1. The van der Waals surface area contributed by atoms with E-state index in [2.05, 4.69) is 14.9 Å². The molecule has 0 bridgehead atoms. The molecule has 8 heteroatoms. The molecule has 0 aromatic carbocycles. The van der Waals surface area contributed by atoms with Crippen molar-refractivity contribution < 1.29 is 14.3 Å². The van der Waals surface area contributed by atoms with Crippen LogP contribution in [0, 0.1) is 6.92 Å². The third-order valence-corrected chi connectivity index (χ3v) is 6.59. The van der Waals surface area contributed by atoms with Crippen LogP contribution in [-0.2, 0) is 16.0 Å². The second kappa shape index (κ2) is 7.09. The molecule has 1 saturated carbocycles. The standard InChI is InChI=1S/C18H23N3O4S/c1-10-14-16(22)19-13(20-17(14)26-15(10)18(23)24-2)9-21-7-8-25-12-6-4-3-5-11(12)21/h11-12H,3-9H2,1-2H3,(H,19,20,22). The van der Waals surface area contributed by atoms with Crippen LogP contribution in [0.15, 0.2) is 4.79 Å². The first-order valence-electron chi connectivity index (χ1n) is 9.04. The first kappa shape index (κ1) is 17.6. The maximum Gasteiger partial charge on any atom is 0.348 e. The summed E-state index contributed by atoms with van der Waals surface area (Å²) in [7, 11) is 1.34. The highest BCUT2D eigenvalue weighted by Gasteiger charge is 2.34. The van der Waals surface area contributed by atoms with Crippen LogP contribution < -0.4 is 5.56 Å². The summed E-state index contributed by atoms with van der Waals surface area (Å²) in [5, 5.41) is 0.483. The first-order chi connectivity index (χ1) is 12.6. The van der Waals surface area contributed by atoms with Crippen LogP contribution in [0.2, 0.25) is 0 Å². The van der Waals surface area contributed by atoms with Crippen LogP contribution in [0.25, 0.3) is 10.2 Å². The molecule has 1 aliphatic heterocycles. The molecule has 2 unspecified atom stereocenters. The van der Waals surface area contributed by atoms with Crippen molar-refractivity contribution in [1.82, 2.24) is 14.9 Å². The minimum absolute atomic E-state index is 0.192. The molecule has 4 rings (SSSR count). The van der Waals surface area contributed by atoms with Gasteiger partial charge in [-0.15, -0.1) is 11.3 Å². The number of thiophene rings is 1. The maximum atomic E-state index is 12.6. The normalized spacial score (nSPS) is 23.8. The molecule has 0 spiro atoms. The van der Waals surface area contributed by atoms with Gasteiger partial charge >= 0.3 is 5.97 Å². The van der Waals surface area contributed by atoms with E-state index in [4.69, 9.17) is 9.47 Å². The van der Waals surface area contributed by atoms with Gasteiger partial charge in [-0.2, -0.15) is 0 Å². The van der Waals surface area contributed by atoms with Crippen molar-refractivity contribution in [1.29, 1.82) is 0 Å². The SMILES string of the molecule is COC(=O)c1sc2nc(CN3CCOC4CCCCC43)[nH]c(=O)c2c1C. The Balaban J connectivity index is 1.65. The molecule has 7 nitrogen and oxygen atoms in total. The Hall–Kier alpha value is -1.77. The molecule has 2 atom stereocenters. The van der Waals surface area contributed by atoms with E-state index in [1.165, 1.54) is 31.3 Å². The highest BCUT2D eigenvalue weighted by molar-refractivity contribution is 7.20. The number of nitrogens with zero attached hydrogens (tertiary/aromatic N) is 2. The summed E-state index contributed by atoms with van der Waals surface area (Å²) in [5.41, 5.74) is 0.443. The number of nitrogens with one attached hydrogen (secondary N) is 1. The Morgan fingerprint density at radius 1 is 1.42 bits per heavy atom. The molecule has 26 heavy (non-hydrogen) atoms. The average molecular weight is 377 g/mol. The highest BCUT2D eigenvalue weighted by Crippen LogP contribution is 2.30. The van der Waals surface area contributed by atoms with Crippen molar-refractivity contribution in [3.05, 3.63) is 26.6 Å². The van der Waals surface area contributed by atoms with Crippen molar-refractivity contribution in [3.63, 3.8) is 0 Å². The zero-order valence-corrected chi connectivity index (χ0v) is 15.9. The van der Waals surface area contributed by atoms with Crippen LogP contribution >= 0.6 is 11.3 Å². The number of methoxy groups -OCH3 is 1. The smallest absolute Gasteiger partial charge is 0.348 e. The third kappa shape index (κ3) is 3.06. The fourth-order valence-corrected chi connectivity index (χ4v) is 5.23. The second-order valence-corrected chi connectivity index (χ2v) is 7.97. The van der Waals surface area contributed by atoms with E-state index < -0.39 is 5.97 Å². The molecule has 2 aromatic rings. The Morgan fingerprint density at radius 2 is 2.23 bits per heavy atom. The first-order valence-corrected chi connectivity index (χ1v) is 9.86. The number of rotatable bonds is 3. The van der Waals surface area contributed by atoms with E-state index in [1.54, 1.807) is 6.92 Å². The molecule has 0 radical (unpaired) electrons. The van der Waals surface area contributed by atoms with Gasteiger partial charge in [0.1, 0.15) is 15.5 Å². The van der Waals surface area contributed by atoms with Crippen molar-refractivity contribution in [2.75, 3.05) is 20.3 Å². The van der Waals surface area contributed by atoms with Gasteiger partial charge in [-0.25, -0.2) is 9.78 Å². The van der Waals surface area contributed by atoms with Gasteiger partial charge in [0.15, 0.2) is 0 Å². The quantitative estimate of drug-likeness (QED) is 0.826. The summed E-state index contributed by atoms with van der Waals surface area (Å²) < 4.78 is 10.7. The van der Waals surface area contributed by atoms with Crippen molar-refractivity contribution in [2.45, 2.75) is 51.3 Å². The fourth-order valence-electron chi connectivity index (χ4n) is 4.12. The Labute approximate surface area is 155 Å². The number of ether oxygens (including phenoxy) is 2. The molecule has 2 aliphatic rings. The third-order valence-electron chi connectivity index (χ3n) is 5.42. The minimum atomic E-state index is -0.426. The zero-order valence-electron chi connectivity index (χ0n) is 15.0. The van der Waals surface area contributed by atoms with Gasteiger partial charge < -0.3 is 14.5 Å². The summed E-state index contributed by atoms with van der Waals surface area (Å²) in [4.78, 5) is 35.4. The Morgan fingerprint density at radius 3 is 3.04 bits per heavy atom. The summed E-state index contributed by atoms with van der Waals surface area (Å²) in [6, 6.07) is 0.397. The fraction of sp³-hybridized carbons (Fsp3) is 0.611. The van der Waals surface area contributed by atoms with Crippen molar-refractivity contribution >= 4 is 27.5 Å². The lowest BCUT2D eigenvalue weighted by Gasteiger charge is -2.43. The molecule has 1 aliphatic carbocycles. The number of hydrogen-bond acceptors (Lipinski definition) is 7. The molecule has 1 saturated heterocycles. The largest absolute Gasteiger partial charge is 0.465 e. The van der Waals surface area contributed by atoms with E-state index in [9.17, 15) is 9.59 Å². The molecule has 2 aromatic heterocycles. The van der Waals surface area contributed by atoms with Crippen LogP contribution in [0.3, 0.4) is 0 Å². The molecular formula is C18H23N3O4S. The maximum absolute atomic E-state index is 12.6. The van der Waals surface area contributed by atoms with Gasteiger partial charge in [-0.1, -0.05) is 12.8 Å². The summed E-state index contributed by atoms with van der Waals surface area (Å²) in [5.74, 6) is 0.219. The van der Waals surface area contributed by atoms with Gasteiger partial charge in [0.25, 0.3) is 5.56 Å². The lowest BCUT2D eigenvalue weighted by Crippen LogP contribution is -2.52. The number of esters is 1. The minimum Gasteiger partial charge on any atom is -0.465 e. The van der Waals surface area contributed by atoms with Gasteiger partial charge in [0, 0.05) is 12.6 Å². The molecule has 3 heterocycles. The predicted octanol–water partition coefficient (Wildman–Crippen LogP) is 2.22. The van der Waals surface area contributed by atoms with Crippen LogP contribution in [0.1, 0.15) is 46.7 Å². The Kier molecular flexibility index (Phi) is 4.81. The summed E-state index contributed by atoms with van der Waals surface area (Å²) in [6.45, 7) is 3.93. The van der Waals surface area contributed by atoms with Gasteiger partial charge in [0.05, 0.1) is 31.8 Å². The zero-order chi connectivity index (χ0) is 18.3. The van der Waals surface area contributed by atoms with E-state index in [1.807, 2.05) is 0 Å². The van der Waals surface area contributed by atoms with E-state index in [0.717, 1.165) is 26.0 Å². The molecule has 140 valence electrons. The Bertz CT molecular complexity index is 888. The lowest BCUT2D eigenvalue weighted by molar-refractivity contribution is -0.0917. The van der Waals surface area contributed by atoms with Gasteiger partial charge in [0.2, 0.25) is 0 Å². The van der Waals surface area contributed by atoms with Crippen LogP contribution in [0.5, 0.6) is 0 Å². The lowest BCUT2D eigenvalue weighted by atomic mass is 9.90. The summed E-state index contributed by atoms with van der Waals surface area (Å²) in [6.07, 6.45) is 4.97. The van der Waals surface area contributed by atoms with Crippen LogP contribution in [-0.4, -0.2) is 53.2 Å². The molecule has 2 fully saturated rings. The number of morpholine rings is 1. The van der Waals surface area contributed by atoms with Crippen molar-refractivity contribution in [3.8, 4) is 0 Å². The number of aryl methyl sites for hydroxylation is 1. The molecule has 1 N–H and O–H groups in total. The van der Waals surface area contributed by atoms with Gasteiger partial charge in [-0.3, -0.25) is 9.69 Å². The molecular weight excluding hydrogens is 354 g/mol. The average Bonchev–Trinajstić information content (AvgIpc) is 2.98. The van der Waals surface area contributed by atoms with Crippen LogP contribution in [0.4, 0.5) is 0 Å². The monoisotopic (exact) mass is 377 g/mol. The number of carbonyl (C=O) groups is 1. The number of carbonyl (C=O) groups excluding carboxylic acids is 1. The number of hydrogen-bond donors (Lipinski definition) is 1. The van der Waals surface area contributed by atoms with Crippen molar-refractivity contribution in [2.24, 2.45) is 0 Å². The number of aromatic amines is 1. The topological polar surface area (TPSA) is 84.5 Å². The second-order valence-electron chi connectivity index (χ2n) is 6.97. The van der Waals surface area contributed by atoms with E-state index >= 15 is 0 Å². The number of aromatic nitrogens is 2. The predicted molar refractivity (Wildman–Crippen MR) is 98.7 cm³/mol.